The lowest BCUT2D eigenvalue weighted by atomic mass is 10.2. The lowest BCUT2D eigenvalue weighted by molar-refractivity contribution is -0.386. The minimum atomic E-state index is -4.49. The van der Waals surface area contributed by atoms with Gasteiger partial charge in [0, 0.05) is 30.8 Å². The van der Waals surface area contributed by atoms with Gasteiger partial charge in [0.2, 0.25) is 0 Å². The van der Waals surface area contributed by atoms with E-state index in [1.165, 1.54) is 35.0 Å². The number of halogens is 3. The summed E-state index contributed by atoms with van der Waals surface area (Å²) in [6.45, 7) is 0.352. The SMILES string of the molecule is O=C(NCCCn1nc(C(F)(F)F)cc1C1CC1)c1ccc(COc2ccccc2[N+](=O)[O-])o1. The molecule has 1 N–H and O–H groups in total. The van der Waals surface area contributed by atoms with Gasteiger partial charge in [0.25, 0.3) is 5.91 Å². The average molecular weight is 478 g/mol. The third-order valence-corrected chi connectivity index (χ3v) is 5.25. The predicted octanol–water partition coefficient (Wildman–Crippen LogP) is 4.68. The fraction of sp³-hybridized carbons (Fsp3) is 0.364. The minimum absolute atomic E-state index is 0.0262. The molecule has 1 fully saturated rings. The van der Waals surface area contributed by atoms with Gasteiger partial charge in [0.05, 0.1) is 4.92 Å². The van der Waals surface area contributed by atoms with E-state index < -0.39 is 22.7 Å². The van der Waals surface area contributed by atoms with Crippen molar-refractivity contribution in [3.8, 4) is 5.75 Å². The van der Waals surface area contributed by atoms with E-state index in [1.54, 1.807) is 6.07 Å². The van der Waals surface area contributed by atoms with Crippen molar-refractivity contribution in [1.82, 2.24) is 15.1 Å². The van der Waals surface area contributed by atoms with Gasteiger partial charge in [-0.25, -0.2) is 0 Å². The Kier molecular flexibility index (Phi) is 6.57. The maximum absolute atomic E-state index is 13.0. The molecule has 1 aromatic carbocycles. The first-order valence-electron chi connectivity index (χ1n) is 10.6. The first kappa shape index (κ1) is 23.3. The Morgan fingerprint density at radius 3 is 2.74 bits per heavy atom. The van der Waals surface area contributed by atoms with Gasteiger partial charge >= 0.3 is 11.9 Å². The largest absolute Gasteiger partial charge is 0.479 e. The second-order valence-corrected chi connectivity index (χ2v) is 7.84. The zero-order valence-corrected chi connectivity index (χ0v) is 17.9. The molecule has 0 saturated heterocycles. The number of alkyl halides is 3. The van der Waals surface area contributed by atoms with Gasteiger partial charge in [-0.1, -0.05) is 12.1 Å². The number of nitrogens with zero attached hydrogens (tertiary/aromatic N) is 3. The molecule has 180 valence electrons. The smallest absolute Gasteiger partial charge is 0.435 e. The summed E-state index contributed by atoms with van der Waals surface area (Å²) >= 11 is 0. The van der Waals surface area contributed by atoms with Crippen molar-refractivity contribution in [3.63, 3.8) is 0 Å². The van der Waals surface area contributed by atoms with Crippen LogP contribution < -0.4 is 10.1 Å². The monoisotopic (exact) mass is 478 g/mol. The number of para-hydroxylation sites is 2. The van der Waals surface area contributed by atoms with Crippen molar-refractivity contribution in [3.05, 3.63) is 75.5 Å². The van der Waals surface area contributed by atoms with Crippen LogP contribution in [0.1, 0.15) is 52.9 Å². The molecular weight excluding hydrogens is 457 g/mol. The summed E-state index contributed by atoms with van der Waals surface area (Å²) < 4.78 is 51.2. The molecule has 0 aliphatic heterocycles. The number of aromatic nitrogens is 2. The summed E-state index contributed by atoms with van der Waals surface area (Å²) in [5.41, 5.74) is -0.506. The van der Waals surface area contributed by atoms with Crippen molar-refractivity contribution in [2.45, 2.75) is 44.5 Å². The van der Waals surface area contributed by atoms with E-state index in [1.807, 2.05) is 0 Å². The molecule has 0 atom stereocenters. The third kappa shape index (κ3) is 5.56. The lowest BCUT2D eigenvalue weighted by Crippen LogP contribution is -2.25. The summed E-state index contributed by atoms with van der Waals surface area (Å²) in [5, 5.41) is 17.4. The molecule has 4 rings (SSSR count). The van der Waals surface area contributed by atoms with Gasteiger partial charge < -0.3 is 14.5 Å². The van der Waals surface area contributed by atoms with Gasteiger partial charge in [-0.3, -0.25) is 19.6 Å². The molecule has 1 saturated carbocycles. The Hall–Kier alpha value is -3.83. The van der Waals surface area contributed by atoms with E-state index in [9.17, 15) is 28.1 Å². The maximum Gasteiger partial charge on any atom is 0.435 e. The molecule has 0 spiro atoms. The number of nitro groups is 1. The molecule has 1 amide bonds. The molecule has 2 aromatic heterocycles. The highest BCUT2D eigenvalue weighted by molar-refractivity contribution is 5.91. The molecule has 0 unspecified atom stereocenters. The zero-order chi connectivity index (χ0) is 24.3. The Labute approximate surface area is 191 Å². The number of furan rings is 1. The Morgan fingerprint density at radius 1 is 1.26 bits per heavy atom. The lowest BCUT2D eigenvalue weighted by Gasteiger charge is -2.07. The van der Waals surface area contributed by atoms with Gasteiger partial charge in [-0.15, -0.1) is 0 Å². The number of carbonyl (C=O) groups excluding carboxylic acids is 1. The van der Waals surface area contributed by atoms with Crippen LogP contribution in [0.5, 0.6) is 5.75 Å². The van der Waals surface area contributed by atoms with Crippen LogP contribution in [-0.2, 0) is 19.3 Å². The van der Waals surface area contributed by atoms with Gasteiger partial charge in [0.15, 0.2) is 17.2 Å². The molecule has 3 aromatic rings. The number of nitro benzene ring substituents is 1. The number of benzene rings is 1. The van der Waals surface area contributed by atoms with Crippen molar-refractivity contribution in [2.75, 3.05) is 6.54 Å². The zero-order valence-electron chi connectivity index (χ0n) is 17.9. The van der Waals surface area contributed by atoms with Crippen molar-refractivity contribution < 1.29 is 32.0 Å². The van der Waals surface area contributed by atoms with Gasteiger partial charge in [-0.05, 0) is 43.5 Å². The van der Waals surface area contributed by atoms with E-state index >= 15 is 0 Å². The molecule has 12 heteroatoms. The molecule has 9 nitrogen and oxygen atoms in total. The highest BCUT2D eigenvalue weighted by Gasteiger charge is 2.37. The van der Waals surface area contributed by atoms with Crippen LogP contribution in [0, 0.1) is 10.1 Å². The first-order valence-corrected chi connectivity index (χ1v) is 10.6. The maximum atomic E-state index is 13.0. The third-order valence-electron chi connectivity index (χ3n) is 5.25. The van der Waals surface area contributed by atoms with Crippen LogP contribution in [0.4, 0.5) is 18.9 Å². The molecule has 1 aliphatic rings. The fourth-order valence-electron chi connectivity index (χ4n) is 3.43. The number of hydrogen-bond acceptors (Lipinski definition) is 6. The number of carbonyl (C=O) groups is 1. The van der Waals surface area contributed by atoms with Crippen LogP contribution in [0.15, 0.2) is 46.9 Å². The molecule has 0 radical (unpaired) electrons. The number of ether oxygens (including phenoxy) is 1. The molecule has 0 bridgehead atoms. The van der Waals surface area contributed by atoms with Crippen LogP contribution in [0.2, 0.25) is 0 Å². The van der Waals surface area contributed by atoms with Crippen molar-refractivity contribution >= 4 is 11.6 Å². The van der Waals surface area contributed by atoms with Crippen LogP contribution in [0.25, 0.3) is 0 Å². The second-order valence-electron chi connectivity index (χ2n) is 7.84. The summed E-state index contributed by atoms with van der Waals surface area (Å²) in [6.07, 6.45) is -2.40. The minimum Gasteiger partial charge on any atom is -0.479 e. The standard InChI is InChI=1S/C22H21F3N4O5/c23-22(24,25)20-12-17(14-6-7-14)28(27-20)11-3-10-26-21(30)19-9-8-15(34-19)13-33-18-5-2-1-4-16(18)29(31)32/h1-2,4-5,8-9,12,14H,3,6-7,10-11,13H2,(H,26,30). The van der Waals surface area contributed by atoms with Crippen LogP contribution in [-0.4, -0.2) is 27.2 Å². The van der Waals surface area contributed by atoms with Crippen LogP contribution in [0.3, 0.4) is 0 Å². The molecule has 34 heavy (non-hydrogen) atoms. The summed E-state index contributed by atoms with van der Waals surface area (Å²) in [7, 11) is 0. The van der Waals surface area contributed by atoms with E-state index in [2.05, 4.69) is 10.4 Å². The number of aryl methyl sites for hydroxylation is 1. The molecular formula is C22H21F3N4O5. The number of hydrogen-bond donors (Lipinski definition) is 1. The fourth-order valence-corrected chi connectivity index (χ4v) is 3.43. The van der Waals surface area contributed by atoms with E-state index in [0.717, 1.165) is 18.9 Å². The van der Waals surface area contributed by atoms with Crippen molar-refractivity contribution in [1.29, 1.82) is 0 Å². The summed E-state index contributed by atoms with van der Waals surface area (Å²) in [6, 6.07) is 9.97. The van der Waals surface area contributed by atoms with Crippen molar-refractivity contribution in [2.24, 2.45) is 0 Å². The molecule has 1 aliphatic carbocycles. The van der Waals surface area contributed by atoms with E-state index in [4.69, 9.17) is 9.15 Å². The molecule has 2 heterocycles. The van der Waals surface area contributed by atoms with Crippen LogP contribution >= 0.6 is 0 Å². The summed E-state index contributed by atoms with van der Waals surface area (Å²) in [4.78, 5) is 22.8. The number of nitrogens with one attached hydrogen (secondary N) is 1. The second kappa shape index (κ2) is 9.57. The van der Waals surface area contributed by atoms with E-state index in [-0.39, 0.29) is 42.8 Å². The Balaban J connectivity index is 1.26. The highest BCUT2D eigenvalue weighted by atomic mass is 19.4. The number of rotatable bonds is 10. The number of amides is 1. The first-order chi connectivity index (χ1) is 16.2. The Bertz CT molecular complexity index is 1180. The summed E-state index contributed by atoms with van der Waals surface area (Å²) in [5.74, 6) is 0.0229. The van der Waals surface area contributed by atoms with Gasteiger partial charge in [-0.2, -0.15) is 18.3 Å². The highest BCUT2D eigenvalue weighted by Crippen LogP contribution is 2.42. The Morgan fingerprint density at radius 2 is 2.03 bits per heavy atom. The average Bonchev–Trinajstić information content (AvgIpc) is 3.36. The normalized spacial score (nSPS) is 13.6. The van der Waals surface area contributed by atoms with Gasteiger partial charge in [0.1, 0.15) is 12.4 Å². The topological polar surface area (TPSA) is 112 Å². The predicted molar refractivity (Wildman–Crippen MR) is 112 cm³/mol. The quantitative estimate of drug-likeness (QED) is 0.257. The van der Waals surface area contributed by atoms with E-state index in [0.29, 0.717) is 17.9 Å².